The highest BCUT2D eigenvalue weighted by atomic mass is 32.2. The standard InChI is InChI=1S/C13H26N2OS/c1-12(2,13(3,4)14)11(16)15-9-10-5-7-17-8-6-10/h10H,5-9,14H2,1-4H3,(H,15,16). The third-order valence-electron chi connectivity index (χ3n) is 4.07. The van der Waals surface area contributed by atoms with Crippen molar-refractivity contribution in [1.82, 2.24) is 5.32 Å². The first-order chi connectivity index (χ1) is 7.75. The number of hydrogen-bond acceptors (Lipinski definition) is 3. The van der Waals surface area contributed by atoms with E-state index in [0.29, 0.717) is 5.92 Å². The van der Waals surface area contributed by atoms with E-state index in [-0.39, 0.29) is 5.91 Å². The number of carbonyl (C=O) groups is 1. The largest absolute Gasteiger partial charge is 0.355 e. The van der Waals surface area contributed by atoms with Crippen molar-refractivity contribution in [3.63, 3.8) is 0 Å². The third-order valence-corrected chi connectivity index (χ3v) is 5.12. The van der Waals surface area contributed by atoms with Gasteiger partial charge < -0.3 is 11.1 Å². The zero-order valence-corrected chi connectivity index (χ0v) is 12.3. The van der Waals surface area contributed by atoms with Crippen molar-refractivity contribution in [1.29, 1.82) is 0 Å². The molecular formula is C13H26N2OS. The van der Waals surface area contributed by atoms with Gasteiger partial charge in [0.2, 0.25) is 5.91 Å². The zero-order chi connectivity index (χ0) is 13.1. The van der Waals surface area contributed by atoms with E-state index in [2.05, 4.69) is 5.32 Å². The van der Waals surface area contributed by atoms with E-state index < -0.39 is 11.0 Å². The highest BCUT2D eigenvalue weighted by Crippen LogP contribution is 2.29. The maximum Gasteiger partial charge on any atom is 0.227 e. The Morgan fingerprint density at radius 1 is 1.29 bits per heavy atom. The van der Waals surface area contributed by atoms with Crippen molar-refractivity contribution in [2.75, 3.05) is 18.1 Å². The van der Waals surface area contributed by atoms with Crippen molar-refractivity contribution < 1.29 is 4.79 Å². The molecule has 0 aromatic heterocycles. The molecule has 0 unspecified atom stereocenters. The maximum atomic E-state index is 12.2. The lowest BCUT2D eigenvalue weighted by Crippen LogP contribution is -2.56. The van der Waals surface area contributed by atoms with Crippen molar-refractivity contribution >= 4 is 17.7 Å². The maximum absolute atomic E-state index is 12.2. The molecule has 0 radical (unpaired) electrons. The highest BCUT2D eigenvalue weighted by Gasteiger charge is 2.40. The van der Waals surface area contributed by atoms with Crippen molar-refractivity contribution in [2.24, 2.45) is 17.1 Å². The summed E-state index contributed by atoms with van der Waals surface area (Å²) >= 11 is 2.01. The molecule has 1 saturated heterocycles. The SMILES string of the molecule is CC(C)(N)C(C)(C)C(=O)NCC1CCSCC1. The van der Waals surface area contributed by atoms with E-state index in [9.17, 15) is 4.79 Å². The fourth-order valence-corrected chi connectivity index (χ4v) is 2.91. The first-order valence-electron chi connectivity index (χ1n) is 6.40. The molecule has 0 atom stereocenters. The van der Waals surface area contributed by atoms with Crippen LogP contribution in [0.25, 0.3) is 0 Å². The molecule has 1 rings (SSSR count). The Labute approximate surface area is 109 Å². The van der Waals surface area contributed by atoms with Gasteiger partial charge in [-0.15, -0.1) is 0 Å². The van der Waals surface area contributed by atoms with Crippen molar-refractivity contribution in [3.8, 4) is 0 Å². The predicted octanol–water partition coefficient (Wildman–Crippen LogP) is 2.01. The number of nitrogens with two attached hydrogens (primary N) is 1. The molecule has 0 bridgehead atoms. The van der Waals surface area contributed by atoms with Gasteiger partial charge in [-0.2, -0.15) is 11.8 Å². The van der Waals surface area contributed by atoms with Crippen LogP contribution in [0.2, 0.25) is 0 Å². The van der Waals surface area contributed by atoms with Gasteiger partial charge in [-0.1, -0.05) is 0 Å². The normalized spacial score (nSPS) is 19.1. The summed E-state index contributed by atoms with van der Waals surface area (Å²) in [7, 11) is 0. The highest BCUT2D eigenvalue weighted by molar-refractivity contribution is 7.99. The molecule has 1 fully saturated rings. The third kappa shape index (κ3) is 3.88. The lowest BCUT2D eigenvalue weighted by Gasteiger charge is -2.37. The zero-order valence-electron chi connectivity index (χ0n) is 11.5. The Balaban J connectivity index is 2.43. The molecular weight excluding hydrogens is 232 g/mol. The Kier molecular flexibility index (Phi) is 4.90. The van der Waals surface area contributed by atoms with Gasteiger partial charge in [-0.25, -0.2) is 0 Å². The molecule has 3 N–H and O–H groups in total. The van der Waals surface area contributed by atoms with E-state index in [1.165, 1.54) is 24.3 Å². The minimum absolute atomic E-state index is 0.0724. The van der Waals surface area contributed by atoms with Gasteiger partial charge in [0.15, 0.2) is 0 Å². The Bertz CT molecular complexity index is 265. The predicted molar refractivity (Wildman–Crippen MR) is 75.1 cm³/mol. The minimum Gasteiger partial charge on any atom is -0.355 e. The molecule has 1 aliphatic heterocycles. The van der Waals surface area contributed by atoms with Gasteiger partial charge in [-0.3, -0.25) is 4.79 Å². The summed E-state index contributed by atoms with van der Waals surface area (Å²) in [6.45, 7) is 8.45. The summed E-state index contributed by atoms with van der Waals surface area (Å²) in [6.07, 6.45) is 2.44. The quantitative estimate of drug-likeness (QED) is 0.811. The van der Waals surface area contributed by atoms with Gasteiger partial charge in [0.05, 0.1) is 5.41 Å². The van der Waals surface area contributed by atoms with Crippen molar-refractivity contribution in [2.45, 2.75) is 46.1 Å². The second-order valence-corrected chi connectivity index (χ2v) is 7.34. The van der Waals surface area contributed by atoms with Crippen LogP contribution in [-0.4, -0.2) is 29.5 Å². The summed E-state index contributed by atoms with van der Waals surface area (Å²) in [6, 6.07) is 0. The molecule has 0 aliphatic carbocycles. The van der Waals surface area contributed by atoms with Crippen LogP contribution in [0.15, 0.2) is 0 Å². The lowest BCUT2D eigenvalue weighted by atomic mass is 9.74. The van der Waals surface area contributed by atoms with E-state index in [1.54, 1.807) is 0 Å². The Morgan fingerprint density at radius 3 is 2.29 bits per heavy atom. The summed E-state index contributed by atoms with van der Waals surface area (Å²) in [4.78, 5) is 12.2. The number of amides is 1. The second-order valence-electron chi connectivity index (χ2n) is 6.11. The van der Waals surface area contributed by atoms with Crippen LogP contribution < -0.4 is 11.1 Å². The summed E-state index contributed by atoms with van der Waals surface area (Å²) in [5.41, 5.74) is 5.03. The summed E-state index contributed by atoms with van der Waals surface area (Å²) < 4.78 is 0. The van der Waals surface area contributed by atoms with E-state index in [4.69, 9.17) is 5.73 Å². The van der Waals surface area contributed by atoms with E-state index in [0.717, 1.165) is 6.54 Å². The van der Waals surface area contributed by atoms with Gasteiger partial charge >= 0.3 is 0 Å². The Morgan fingerprint density at radius 2 is 1.82 bits per heavy atom. The number of nitrogens with one attached hydrogen (secondary N) is 1. The molecule has 3 nitrogen and oxygen atoms in total. The van der Waals surface area contributed by atoms with Gasteiger partial charge in [0, 0.05) is 12.1 Å². The van der Waals surface area contributed by atoms with Gasteiger partial charge in [0.25, 0.3) is 0 Å². The fourth-order valence-electron chi connectivity index (χ4n) is 1.70. The average Bonchev–Trinajstić information content (AvgIpc) is 2.25. The number of hydrogen-bond donors (Lipinski definition) is 2. The van der Waals surface area contributed by atoms with E-state index in [1.807, 2.05) is 39.5 Å². The lowest BCUT2D eigenvalue weighted by molar-refractivity contribution is -0.132. The monoisotopic (exact) mass is 258 g/mol. The van der Waals surface area contributed by atoms with Crippen molar-refractivity contribution in [3.05, 3.63) is 0 Å². The summed E-state index contributed by atoms with van der Waals surface area (Å²) in [5, 5.41) is 3.07. The van der Waals surface area contributed by atoms with Crippen LogP contribution in [0.4, 0.5) is 0 Å². The van der Waals surface area contributed by atoms with E-state index >= 15 is 0 Å². The smallest absolute Gasteiger partial charge is 0.227 e. The molecule has 0 spiro atoms. The molecule has 4 heteroatoms. The molecule has 0 aromatic rings. The molecule has 1 heterocycles. The molecule has 1 amide bonds. The topological polar surface area (TPSA) is 55.1 Å². The molecule has 0 saturated carbocycles. The number of carbonyl (C=O) groups excluding carboxylic acids is 1. The fraction of sp³-hybridized carbons (Fsp3) is 0.923. The minimum atomic E-state index is -0.531. The first-order valence-corrected chi connectivity index (χ1v) is 7.55. The Hall–Kier alpha value is -0.220. The average molecular weight is 258 g/mol. The van der Waals surface area contributed by atoms with Gasteiger partial charge in [0.1, 0.15) is 0 Å². The van der Waals surface area contributed by atoms with Crippen LogP contribution in [-0.2, 0) is 4.79 Å². The molecule has 0 aromatic carbocycles. The summed E-state index contributed by atoms with van der Waals surface area (Å²) in [5.74, 6) is 3.18. The number of thioether (sulfide) groups is 1. The van der Waals surface area contributed by atoms with Crippen LogP contribution in [0.1, 0.15) is 40.5 Å². The van der Waals surface area contributed by atoms with Crippen LogP contribution in [0.3, 0.4) is 0 Å². The molecule has 100 valence electrons. The van der Waals surface area contributed by atoms with Gasteiger partial charge in [-0.05, 0) is 58.0 Å². The molecule has 17 heavy (non-hydrogen) atoms. The number of rotatable bonds is 4. The van der Waals surface area contributed by atoms with Crippen LogP contribution in [0.5, 0.6) is 0 Å². The second kappa shape index (κ2) is 5.61. The molecule has 1 aliphatic rings. The first kappa shape index (κ1) is 14.8. The van der Waals surface area contributed by atoms with Crippen LogP contribution >= 0.6 is 11.8 Å². The van der Waals surface area contributed by atoms with Crippen LogP contribution in [0, 0.1) is 11.3 Å².